The van der Waals surface area contributed by atoms with Crippen LogP contribution in [0.15, 0.2) is 76.4 Å². The third-order valence-electron chi connectivity index (χ3n) is 5.18. The quantitative estimate of drug-likeness (QED) is 0.457. The molecule has 4 heterocycles. The van der Waals surface area contributed by atoms with Crippen molar-refractivity contribution in [1.29, 1.82) is 0 Å². The highest BCUT2D eigenvalue weighted by Crippen LogP contribution is 2.34. The van der Waals surface area contributed by atoms with E-state index in [-0.39, 0.29) is 19.3 Å². The summed E-state index contributed by atoms with van der Waals surface area (Å²) in [6.45, 7) is 0.227. The summed E-state index contributed by atoms with van der Waals surface area (Å²) in [5.41, 5.74) is 3.86. The number of benzene rings is 2. The van der Waals surface area contributed by atoms with Crippen LogP contribution in [0.5, 0.6) is 17.2 Å². The molecule has 0 saturated carbocycles. The first-order valence-corrected chi connectivity index (χ1v) is 11.3. The number of hydrogen-bond donors (Lipinski definition) is 1. The summed E-state index contributed by atoms with van der Waals surface area (Å²) in [5, 5.41) is 9.56. The first-order chi connectivity index (χ1) is 16.7. The second-order valence-electron chi connectivity index (χ2n) is 7.44. The van der Waals surface area contributed by atoms with E-state index in [0.717, 1.165) is 16.8 Å². The molecule has 0 saturated heterocycles. The second kappa shape index (κ2) is 8.49. The number of fused-ring (bicyclic) bond motifs is 2. The van der Waals surface area contributed by atoms with E-state index in [9.17, 15) is 4.79 Å². The summed E-state index contributed by atoms with van der Waals surface area (Å²) in [4.78, 5) is 21.3. The van der Waals surface area contributed by atoms with Crippen molar-refractivity contribution >= 4 is 34.8 Å². The number of aromatic nitrogens is 2. The molecule has 4 aromatic rings. The topological polar surface area (TPSA) is 99.3 Å². The Hall–Kier alpha value is -4.44. The van der Waals surface area contributed by atoms with Crippen LogP contribution in [0.3, 0.4) is 0 Å². The predicted molar refractivity (Wildman–Crippen MR) is 127 cm³/mol. The lowest BCUT2D eigenvalue weighted by Crippen LogP contribution is -2.25. The van der Waals surface area contributed by atoms with Gasteiger partial charge in [-0.15, -0.1) is 11.3 Å². The standard InChI is InChI=1S/C24H17N5O4S/c30-23-12-31-20-6-4-16(9-18(20)28-23)19-13-34-24(27-17-2-1-7-25-11-17)29(19)26-10-15-3-5-21-22(8-15)33-14-32-21/h1-11,13H,12,14H2,(H,28,30). The van der Waals surface area contributed by atoms with Gasteiger partial charge in [-0.25, -0.2) is 9.67 Å². The lowest BCUT2D eigenvalue weighted by atomic mass is 10.1. The Morgan fingerprint density at radius 1 is 1.06 bits per heavy atom. The summed E-state index contributed by atoms with van der Waals surface area (Å²) in [6.07, 6.45) is 5.13. The van der Waals surface area contributed by atoms with Crippen LogP contribution in [0.4, 0.5) is 11.4 Å². The Morgan fingerprint density at radius 3 is 2.88 bits per heavy atom. The van der Waals surface area contributed by atoms with E-state index in [1.165, 1.54) is 11.3 Å². The molecule has 0 atom stereocenters. The van der Waals surface area contributed by atoms with Gasteiger partial charge >= 0.3 is 0 Å². The Morgan fingerprint density at radius 2 is 1.97 bits per heavy atom. The van der Waals surface area contributed by atoms with Crippen molar-refractivity contribution in [1.82, 2.24) is 9.66 Å². The first kappa shape index (κ1) is 20.2. The van der Waals surface area contributed by atoms with Gasteiger partial charge in [0.2, 0.25) is 11.6 Å². The van der Waals surface area contributed by atoms with E-state index in [2.05, 4.69) is 10.3 Å². The number of carbonyl (C=O) groups excluding carboxylic acids is 1. The van der Waals surface area contributed by atoms with Gasteiger partial charge in [0.15, 0.2) is 18.1 Å². The summed E-state index contributed by atoms with van der Waals surface area (Å²) < 4.78 is 18.1. The van der Waals surface area contributed by atoms with Crippen molar-refractivity contribution in [2.45, 2.75) is 0 Å². The van der Waals surface area contributed by atoms with Gasteiger partial charge in [-0.2, -0.15) is 5.10 Å². The Kier molecular flexibility index (Phi) is 5.04. The molecule has 2 aromatic carbocycles. The molecule has 10 heteroatoms. The number of amides is 1. The Balaban J connectivity index is 1.44. The molecular formula is C24H17N5O4S. The van der Waals surface area contributed by atoms with Gasteiger partial charge in [-0.1, -0.05) is 0 Å². The minimum Gasteiger partial charge on any atom is -0.482 e. The van der Waals surface area contributed by atoms with Gasteiger partial charge in [0.1, 0.15) is 5.75 Å². The number of anilines is 1. The Bertz CT molecular complexity index is 1490. The van der Waals surface area contributed by atoms with Crippen LogP contribution >= 0.6 is 11.3 Å². The molecule has 0 spiro atoms. The highest BCUT2D eigenvalue weighted by molar-refractivity contribution is 7.07. The normalized spacial score (nSPS) is 14.7. The van der Waals surface area contributed by atoms with Gasteiger partial charge in [0.05, 0.1) is 29.5 Å². The number of ether oxygens (including phenoxy) is 3. The average molecular weight is 471 g/mol. The third kappa shape index (κ3) is 3.90. The maximum absolute atomic E-state index is 11.8. The molecule has 168 valence electrons. The van der Waals surface area contributed by atoms with Crippen molar-refractivity contribution in [3.8, 4) is 28.5 Å². The van der Waals surface area contributed by atoms with Crippen molar-refractivity contribution in [3.63, 3.8) is 0 Å². The van der Waals surface area contributed by atoms with Crippen LogP contribution in [0, 0.1) is 0 Å². The molecule has 2 aliphatic rings. The van der Waals surface area contributed by atoms with Gasteiger partial charge in [-0.05, 0) is 54.1 Å². The smallest absolute Gasteiger partial charge is 0.262 e. The molecule has 0 fully saturated rings. The molecule has 1 N–H and O–H groups in total. The first-order valence-electron chi connectivity index (χ1n) is 10.4. The molecule has 0 bridgehead atoms. The van der Waals surface area contributed by atoms with Crippen LogP contribution in [0.25, 0.3) is 11.3 Å². The van der Waals surface area contributed by atoms with Gasteiger partial charge in [-0.3, -0.25) is 9.78 Å². The number of thiazole rings is 1. The SMILES string of the molecule is O=C1COc2ccc(-c3csc(=Nc4cccnc4)n3N=Cc3ccc4c(c3)OCO4)cc2N1. The molecule has 0 unspecified atom stereocenters. The van der Waals surface area contributed by atoms with Gasteiger partial charge in [0.25, 0.3) is 5.91 Å². The summed E-state index contributed by atoms with van der Waals surface area (Å²) in [5.74, 6) is 1.85. The van der Waals surface area contributed by atoms with E-state index in [4.69, 9.17) is 24.3 Å². The molecule has 34 heavy (non-hydrogen) atoms. The van der Waals surface area contributed by atoms with Crippen molar-refractivity contribution < 1.29 is 19.0 Å². The minimum absolute atomic E-state index is 0.0127. The average Bonchev–Trinajstić information content (AvgIpc) is 3.49. The van der Waals surface area contributed by atoms with Crippen molar-refractivity contribution in [2.24, 2.45) is 10.1 Å². The number of nitrogens with zero attached hydrogens (tertiary/aromatic N) is 4. The molecule has 9 nitrogen and oxygen atoms in total. The van der Waals surface area contributed by atoms with E-state index in [1.807, 2.05) is 53.9 Å². The predicted octanol–water partition coefficient (Wildman–Crippen LogP) is 3.79. The number of pyridine rings is 1. The highest BCUT2D eigenvalue weighted by atomic mass is 32.1. The maximum Gasteiger partial charge on any atom is 0.262 e. The van der Waals surface area contributed by atoms with E-state index in [0.29, 0.717) is 33.4 Å². The lowest BCUT2D eigenvalue weighted by Gasteiger charge is -2.18. The number of hydrogen-bond acceptors (Lipinski definition) is 8. The number of carbonyl (C=O) groups is 1. The molecule has 0 radical (unpaired) electrons. The van der Waals surface area contributed by atoms with Crippen LogP contribution in [0.1, 0.15) is 5.56 Å². The zero-order valence-corrected chi connectivity index (χ0v) is 18.5. The maximum atomic E-state index is 11.8. The molecule has 6 rings (SSSR count). The fourth-order valence-electron chi connectivity index (χ4n) is 3.58. The van der Waals surface area contributed by atoms with Gasteiger partial charge < -0.3 is 19.5 Å². The fourth-order valence-corrected chi connectivity index (χ4v) is 4.43. The van der Waals surface area contributed by atoms with Crippen LogP contribution in [-0.4, -0.2) is 35.2 Å². The molecule has 2 aliphatic heterocycles. The second-order valence-corrected chi connectivity index (χ2v) is 8.28. The lowest BCUT2D eigenvalue weighted by molar-refractivity contribution is -0.118. The summed E-state index contributed by atoms with van der Waals surface area (Å²) >= 11 is 1.45. The highest BCUT2D eigenvalue weighted by Gasteiger charge is 2.18. The molecule has 0 aliphatic carbocycles. The van der Waals surface area contributed by atoms with E-state index >= 15 is 0 Å². The Labute approximate surface area is 197 Å². The fraction of sp³-hybridized carbons (Fsp3) is 0.0833. The largest absolute Gasteiger partial charge is 0.482 e. The third-order valence-corrected chi connectivity index (χ3v) is 6.00. The van der Waals surface area contributed by atoms with Crippen LogP contribution in [0.2, 0.25) is 0 Å². The molecule has 2 aromatic heterocycles. The minimum atomic E-state index is -0.184. The molecule has 1 amide bonds. The van der Waals surface area contributed by atoms with Crippen molar-refractivity contribution in [2.75, 3.05) is 18.7 Å². The van der Waals surface area contributed by atoms with Crippen LogP contribution in [-0.2, 0) is 4.79 Å². The molecular weight excluding hydrogens is 454 g/mol. The van der Waals surface area contributed by atoms with Crippen molar-refractivity contribution in [3.05, 3.63) is 76.7 Å². The summed E-state index contributed by atoms with van der Waals surface area (Å²) in [7, 11) is 0. The number of nitrogens with one attached hydrogen (secondary N) is 1. The number of rotatable bonds is 4. The zero-order valence-electron chi connectivity index (χ0n) is 17.7. The monoisotopic (exact) mass is 471 g/mol. The van der Waals surface area contributed by atoms with E-state index < -0.39 is 0 Å². The van der Waals surface area contributed by atoms with Gasteiger partial charge in [0, 0.05) is 17.1 Å². The van der Waals surface area contributed by atoms with Crippen LogP contribution < -0.4 is 24.3 Å². The van der Waals surface area contributed by atoms with E-state index in [1.54, 1.807) is 23.3 Å². The zero-order chi connectivity index (χ0) is 22.9. The summed E-state index contributed by atoms with van der Waals surface area (Å²) in [6, 6.07) is 15.0.